The fourth-order valence-corrected chi connectivity index (χ4v) is 2.93. The number of halogens is 2. The van der Waals surface area contributed by atoms with Gasteiger partial charge in [-0.05, 0) is 103 Å². The van der Waals surface area contributed by atoms with Crippen molar-refractivity contribution in [2.45, 2.75) is 34.6 Å². The van der Waals surface area contributed by atoms with Gasteiger partial charge in [0.1, 0.15) is 0 Å². The highest BCUT2D eigenvalue weighted by molar-refractivity contribution is 14.1. The fourth-order valence-electron chi connectivity index (χ4n) is 1.88. The van der Waals surface area contributed by atoms with Crippen molar-refractivity contribution >= 4 is 45.6 Å². The van der Waals surface area contributed by atoms with Crippen molar-refractivity contribution in [1.82, 2.24) is 0 Å². The molecule has 0 aromatic heterocycles. The molecule has 0 fully saturated rings. The second kappa shape index (κ2) is 7.36. The molecule has 0 aliphatic carbocycles. The summed E-state index contributed by atoms with van der Waals surface area (Å²) in [5.41, 5.74) is 18.8. The molecule has 21 heavy (non-hydrogen) atoms. The number of hydrogen-bond donors (Lipinski definition) is 2. The highest BCUT2D eigenvalue weighted by Crippen LogP contribution is 2.24. The highest BCUT2D eigenvalue weighted by atomic mass is 127. The van der Waals surface area contributed by atoms with E-state index in [-0.39, 0.29) is 0 Å². The molecule has 0 bridgehead atoms. The molecule has 0 unspecified atom stereocenters. The van der Waals surface area contributed by atoms with Crippen molar-refractivity contribution in [3.05, 3.63) is 54.6 Å². The summed E-state index contributed by atoms with van der Waals surface area (Å²) in [4.78, 5) is 0. The average molecular weight is 417 g/mol. The van der Waals surface area contributed by atoms with Crippen LogP contribution >= 0.6 is 34.2 Å². The number of nitrogen functional groups attached to an aromatic ring is 2. The molecule has 0 atom stereocenters. The summed E-state index contributed by atoms with van der Waals surface area (Å²) in [6, 6.07) is 5.67. The predicted molar refractivity (Wildman–Crippen MR) is 103 cm³/mol. The Hall–Kier alpha value is -0.940. The van der Waals surface area contributed by atoms with E-state index in [1.165, 1.54) is 25.8 Å². The molecule has 0 spiro atoms. The summed E-state index contributed by atoms with van der Waals surface area (Å²) >= 11 is 8.14. The zero-order valence-corrected chi connectivity index (χ0v) is 16.1. The van der Waals surface area contributed by atoms with E-state index in [0.29, 0.717) is 16.4 Å². The maximum Gasteiger partial charge on any atom is 0.0562 e. The molecule has 4 heteroatoms. The molecule has 2 nitrogen and oxygen atoms in total. The van der Waals surface area contributed by atoms with Gasteiger partial charge in [0.2, 0.25) is 0 Å². The Morgan fingerprint density at radius 1 is 0.762 bits per heavy atom. The molecule has 0 saturated heterocycles. The van der Waals surface area contributed by atoms with Crippen LogP contribution in [-0.2, 0) is 0 Å². The molecular weight excluding hydrogens is 395 g/mol. The van der Waals surface area contributed by atoms with Crippen LogP contribution in [0.4, 0.5) is 11.4 Å². The van der Waals surface area contributed by atoms with Gasteiger partial charge in [0.05, 0.1) is 11.4 Å². The summed E-state index contributed by atoms with van der Waals surface area (Å²) < 4.78 is 1.38. The van der Waals surface area contributed by atoms with Crippen LogP contribution in [-0.4, -0.2) is 0 Å². The lowest BCUT2D eigenvalue weighted by atomic mass is 10.0. The Bertz CT molecular complexity index is 590. The van der Waals surface area contributed by atoms with Crippen LogP contribution in [0.2, 0.25) is 5.02 Å². The smallest absolute Gasteiger partial charge is 0.0562 e. The van der Waals surface area contributed by atoms with Crippen LogP contribution in [0.3, 0.4) is 0 Å². The van der Waals surface area contributed by atoms with Crippen LogP contribution in [0.25, 0.3) is 0 Å². The van der Waals surface area contributed by atoms with E-state index in [0.717, 1.165) is 5.56 Å². The molecule has 0 heterocycles. The van der Waals surface area contributed by atoms with E-state index in [4.69, 9.17) is 23.1 Å². The van der Waals surface area contributed by atoms with E-state index >= 15 is 0 Å². The summed E-state index contributed by atoms with van der Waals surface area (Å²) in [7, 11) is 0. The van der Waals surface area contributed by atoms with E-state index < -0.39 is 0 Å². The third-order valence-corrected chi connectivity index (χ3v) is 5.31. The Kier molecular flexibility index (Phi) is 6.35. The average Bonchev–Trinajstić information content (AvgIpc) is 2.42. The normalized spacial score (nSPS) is 10.0. The van der Waals surface area contributed by atoms with E-state index in [9.17, 15) is 0 Å². The molecule has 4 N–H and O–H groups in total. The third kappa shape index (κ3) is 4.51. The first-order chi connectivity index (χ1) is 9.65. The first-order valence-corrected chi connectivity index (χ1v) is 8.14. The van der Waals surface area contributed by atoms with Crippen LogP contribution < -0.4 is 11.5 Å². The van der Waals surface area contributed by atoms with Crippen LogP contribution in [0.1, 0.15) is 27.8 Å². The van der Waals surface area contributed by atoms with Gasteiger partial charge in [0.25, 0.3) is 0 Å². The molecule has 0 aliphatic rings. The van der Waals surface area contributed by atoms with Crippen molar-refractivity contribution in [1.29, 1.82) is 0 Å². The maximum absolute atomic E-state index is 5.75. The second-order valence-corrected chi connectivity index (χ2v) is 6.85. The Labute approximate surface area is 146 Å². The summed E-state index contributed by atoms with van der Waals surface area (Å²) in [5, 5.41) is 0.659. The van der Waals surface area contributed by atoms with Crippen molar-refractivity contribution in [3.8, 4) is 0 Å². The largest absolute Gasteiger partial charge is 0.397 e. The van der Waals surface area contributed by atoms with E-state index in [1.54, 1.807) is 12.1 Å². The molecule has 0 aliphatic heterocycles. The minimum atomic E-state index is 0.538. The number of hydrogen-bond acceptors (Lipinski definition) is 2. The first kappa shape index (κ1) is 18.1. The fraction of sp³-hybridized carbons (Fsp3) is 0.294. The Morgan fingerprint density at radius 3 is 1.81 bits per heavy atom. The molecule has 0 amide bonds. The van der Waals surface area contributed by atoms with E-state index in [1.807, 2.05) is 6.92 Å². The summed E-state index contributed by atoms with van der Waals surface area (Å²) in [5.74, 6) is 0. The zero-order chi connectivity index (χ0) is 16.3. The number of nitrogens with two attached hydrogens (primary N) is 2. The van der Waals surface area contributed by atoms with Crippen molar-refractivity contribution in [2.24, 2.45) is 0 Å². The molecule has 0 saturated carbocycles. The van der Waals surface area contributed by atoms with Crippen molar-refractivity contribution < 1.29 is 0 Å². The SMILES string of the molecule is Cc1cc(I)c(C)c(C)c1C.Cc1cc(N)c(N)cc1Cl. The number of benzene rings is 2. The van der Waals surface area contributed by atoms with Gasteiger partial charge in [0.15, 0.2) is 0 Å². The van der Waals surface area contributed by atoms with Gasteiger partial charge in [-0.25, -0.2) is 0 Å². The van der Waals surface area contributed by atoms with Crippen LogP contribution in [0.5, 0.6) is 0 Å². The van der Waals surface area contributed by atoms with E-state index in [2.05, 4.69) is 56.4 Å². The minimum absolute atomic E-state index is 0.538. The van der Waals surface area contributed by atoms with Crippen molar-refractivity contribution in [2.75, 3.05) is 11.5 Å². The van der Waals surface area contributed by atoms with Gasteiger partial charge >= 0.3 is 0 Å². The van der Waals surface area contributed by atoms with Crippen molar-refractivity contribution in [3.63, 3.8) is 0 Å². The molecule has 2 aromatic carbocycles. The molecule has 2 aromatic rings. The molecular formula is C17H22ClIN2. The first-order valence-electron chi connectivity index (χ1n) is 6.69. The van der Waals surface area contributed by atoms with Gasteiger partial charge in [-0.3, -0.25) is 0 Å². The molecule has 2 rings (SSSR count). The summed E-state index contributed by atoms with van der Waals surface area (Å²) in [6.45, 7) is 10.6. The Morgan fingerprint density at radius 2 is 1.29 bits per heavy atom. The van der Waals surface area contributed by atoms with Gasteiger partial charge in [-0.1, -0.05) is 11.6 Å². The third-order valence-electron chi connectivity index (χ3n) is 3.78. The Balaban J connectivity index is 0.000000211. The van der Waals surface area contributed by atoms with Gasteiger partial charge in [0, 0.05) is 8.59 Å². The van der Waals surface area contributed by atoms with Crippen LogP contribution in [0.15, 0.2) is 18.2 Å². The molecule has 114 valence electrons. The highest BCUT2D eigenvalue weighted by Gasteiger charge is 2.03. The molecule has 0 radical (unpaired) electrons. The van der Waals surface area contributed by atoms with Gasteiger partial charge < -0.3 is 11.5 Å². The number of rotatable bonds is 0. The van der Waals surface area contributed by atoms with Crippen LogP contribution in [0, 0.1) is 38.2 Å². The number of anilines is 2. The standard InChI is InChI=1S/C10H13I.C7H9ClN2/c1-6-5-10(11)9(4)8(3)7(6)2;1-4-2-6(9)7(10)3-5(4)8/h5H,1-4H3;2-3H,9-10H2,1H3. The summed E-state index contributed by atoms with van der Waals surface area (Å²) in [6.07, 6.45) is 0. The topological polar surface area (TPSA) is 52.0 Å². The van der Waals surface area contributed by atoms with Gasteiger partial charge in [-0.15, -0.1) is 0 Å². The van der Waals surface area contributed by atoms with Gasteiger partial charge in [-0.2, -0.15) is 0 Å². The number of aryl methyl sites for hydroxylation is 2. The lowest BCUT2D eigenvalue weighted by Crippen LogP contribution is -1.94. The minimum Gasteiger partial charge on any atom is -0.397 e. The lowest BCUT2D eigenvalue weighted by molar-refractivity contribution is 1.20. The quantitative estimate of drug-likeness (QED) is 0.450. The maximum atomic E-state index is 5.75. The zero-order valence-electron chi connectivity index (χ0n) is 13.1. The lowest BCUT2D eigenvalue weighted by Gasteiger charge is -2.09. The predicted octanol–water partition coefficient (Wildman–Crippen LogP) is 5.34. The second-order valence-electron chi connectivity index (χ2n) is 5.28. The monoisotopic (exact) mass is 416 g/mol.